The van der Waals surface area contributed by atoms with Crippen LogP contribution in [0.5, 0.6) is 5.75 Å². The molecule has 0 bridgehead atoms. The summed E-state index contributed by atoms with van der Waals surface area (Å²) in [6.45, 7) is 3.88. The molecule has 2 rings (SSSR count). The first-order chi connectivity index (χ1) is 13.4. The van der Waals surface area contributed by atoms with Gasteiger partial charge >= 0.3 is 0 Å². The van der Waals surface area contributed by atoms with Crippen molar-refractivity contribution in [3.05, 3.63) is 53.8 Å². The Hall–Kier alpha value is -3.22. The number of benzene rings is 2. The summed E-state index contributed by atoms with van der Waals surface area (Å²) in [5.74, 6) is -0.858. The first-order valence-electron chi connectivity index (χ1n) is 9.02. The van der Waals surface area contributed by atoms with Crippen LogP contribution in [0.15, 0.2) is 42.5 Å². The molecular formula is C21H23FN2O4. The SMILES string of the molecule is CCCOc1ccc(C(=O)CCC(=O)Nc2ccc(F)c(NC(C)=O)c2)cc1. The van der Waals surface area contributed by atoms with Crippen molar-refractivity contribution in [2.75, 3.05) is 17.2 Å². The van der Waals surface area contributed by atoms with Crippen molar-refractivity contribution < 1.29 is 23.5 Å². The Bertz CT molecular complexity index is 850. The summed E-state index contributed by atoms with van der Waals surface area (Å²) in [6, 6.07) is 10.7. The molecule has 0 atom stereocenters. The molecule has 0 heterocycles. The van der Waals surface area contributed by atoms with Crippen molar-refractivity contribution in [2.24, 2.45) is 0 Å². The van der Waals surface area contributed by atoms with Gasteiger partial charge in [0.05, 0.1) is 12.3 Å². The van der Waals surface area contributed by atoms with Crippen LogP contribution >= 0.6 is 0 Å². The molecular weight excluding hydrogens is 363 g/mol. The molecule has 2 aromatic carbocycles. The molecule has 7 heteroatoms. The van der Waals surface area contributed by atoms with E-state index in [2.05, 4.69) is 10.6 Å². The highest BCUT2D eigenvalue weighted by Gasteiger charge is 2.11. The molecule has 0 saturated heterocycles. The average molecular weight is 386 g/mol. The Morgan fingerprint density at radius 1 is 1.00 bits per heavy atom. The average Bonchev–Trinajstić information content (AvgIpc) is 2.67. The van der Waals surface area contributed by atoms with Crippen molar-refractivity contribution >= 4 is 29.0 Å². The van der Waals surface area contributed by atoms with Crippen LogP contribution in [0.4, 0.5) is 15.8 Å². The minimum atomic E-state index is -0.602. The third-order valence-electron chi connectivity index (χ3n) is 3.79. The van der Waals surface area contributed by atoms with Crippen molar-refractivity contribution in [1.29, 1.82) is 0 Å². The Balaban J connectivity index is 1.88. The minimum Gasteiger partial charge on any atom is -0.494 e. The van der Waals surface area contributed by atoms with Crippen LogP contribution < -0.4 is 15.4 Å². The number of hydrogen-bond acceptors (Lipinski definition) is 4. The first kappa shape index (κ1) is 21.1. The van der Waals surface area contributed by atoms with Gasteiger partial charge in [0.25, 0.3) is 0 Å². The normalized spacial score (nSPS) is 10.2. The third-order valence-corrected chi connectivity index (χ3v) is 3.79. The topological polar surface area (TPSA) is 84.5 Å². The van der Waals surface area contributed by atoms with Gasteiger partial charge in [-0.3, -0.25) is 14.4 Å². The van der Waals surface area contributed by atoms with Crippen molar-refractivity contribution in [2.45, 2.75) is 33.1 Å². The minimum absolute atomic E-state index is 0.0141. The molecule has 0 aliphatic rings. The van der Waals surface area contributed by atoms with Crippen molar-refractivity contribution in [3.8, 4) is 5.75 Å². The zero-order valence-corrected chi connectivity index (χ0v) is 15.9. The molecule has 0 radical (unpaired) electrons. The second kappa shape index (κ2) is 10.2. The summed E-state index contributed by atoms with van der Waals surface area (Å²) >= 11 is 0. The smallest absolute Gasteiger partial charge is 0.224 e. The fourth-order valence-electron chi connectivity index (χ4n) is 2.44. The number of rotatable bonds is 9. The maximum Gasteiger partial charge on any atom is 0.224 e. The van der Waals surface area contributed by atoms with E-state index in [4.69, 9.17) is 4.74 Å². The highest BCUT2D eigenvalue weighted by atomic mass is 19.1. The van der Waals surface area contributed by atoms with Gasteiger partial charge in [-0.2, -0.15) is 0 Å². The molecule has 2 aromatic rings. The van der Waals surface area contributed by atoms with E-state index in [1.54, 1.807) is 24.3 Å². The van der Waals surface area contributed by atoms with Crippen LogP contribution in [-0.2, 0) is 9.59 Å². The van der Waals surface area contributed by atoms with E-state index in [1.165, 1.54) is 19.1 Å². The first-order valence-corrected chi connectivity index (χ1v) is 9.02. The molecule has 28 heavy (non-hydrogen) atoms. The zero-order chi connectivity index (χ0) is 20.5. The predicted molar refractivity (Wildman–Crippen MR) is 105 cm³/mol. The van der Waals surface area contributed by atoms with Crippen molar-refractivity contribution in [3.63, 3.8) is 0 Å². The second-order valence-corrected chi connectivity index (χ2v) is 6.22. The quantitative estimate of drug-likeness (QED) is 0.634. The Labute approximate surface area is 163 Å². The number of Topliss-reactive ketones (excluding diaryl/α,β-unsaturated/α-hetero) is 1. The molecule has 0 fully saturated rings. The molecule has 148 valence electrons. The molecule has 6 nitrogen and oxygen atoms in total. The summed E-state index contributed by atoms with van der Waals surface area (Å²) in [5.41, 5.74) is 0.818. The van der Waals surface area contributed by atoms with Crippen LogP contribution in [0.25, 0.3) is 0 Å². The Kier molecular flexibility index (Phi) is 7.68. The van der Waals surface area contributed by atoms with Crippen LogP contribution in [0.1, 0.15) is 43.5 Å². The number of ether oxygens (including phenoxy) is 1. The van der Waals surface area contributed by atoms with Gasteiger partial charge in [-0.15, -0.1) is 0 Å². The maximum absolute atomic E-state index is 13.6. The number of hydrogen-bond donors (Lipinski definition) is 2. The lowest BCUT2D eigenvalue weighted by molar-refractivity contribution is -0.116. The summed E-state index contributed by atoms with van der Waals surface area (Å²) in [4.78, 5) is 35.4. The van der Waals surface area contributed by atoms with E-state index >= 15 is 0 Å². The molecule has 0 aromatic heterocycles. The third kappa shape index (κ3) is 6.50. The summed E-state index contributed by atoms with van der Waals surface area (Å²) in [6.07, 6.45) is 0.927. The standard InChI is InChI=1S/C21H23FN2O4/c1-3-12-28-17-7-4-15(5-8-17)20(26)10-11-21(27)24-16-6-9-18(22)19(13-16)23-14(2)25/h4-9,13H,3,10-12H2,1-2H3,(H,23,25)(H,24,27). The second-order valence-electron chi connectivity index (χ2n) is 6.22. The van der Waals surface area contributed by atoms with E-state index < -0.39 is 11.7 Å². The number of amides is 2. The van der Waals surface area contributed by atoms with Crippen LogP contribution in [0.2, 0.25) is 0 Å². The number of carbonyl (C=O) groups excluding carboxylic acids is 3. The summed E-state index contributed by atoms with van der Waals surface area (Å²) < 4.78 is 19.1. The number of anilines is 2. The molecule has 0 unspecified atom stereocenters. The van der Waals surface area contributed by atoms with Gasteiger partial charge in [-0.1, -0.05) is 6.92 Å². The molecule has 0 spiro atoms. The van der Waals surface area contributed by atoms with E-state index in [9.17, 15) is 18.8 Å². The fourth-order valence-corrected chi connectivity index (χ4v) is 2.44. The molecule has 2 N–H and O–H groups in total. The lowest BCUT2D eigenvalue weighted by Crippen LogP contribution is -2.14. The molecule has 0 saturated carbocycles. The monoisotopic (exact) mass is 386 g/mol. The molecule has 0 aliphatic heterocycles. The lowest BCUT2D eigenvalue weighted by atomic mass is 10.1. The van der Waals surface area contributed by atoms with Crippen LogP contribution in [-0.4, -0.2) is 24.2 Å². The van der Waals surface area contributed by atoms with Gasteiger partial charge in [-0.05, 0) is 48.9 Å². The predicted octanol–water partition coefficient (Wildman–Crippen LogP) is 4.17. The van der Waals surface area contributed by atoms with Crippen molar-refractivity contribution in [1.82, 2.24) is 0 Å². The molecule has 0 aliphatic carbocycles. The van der Waals surface area contributed by atoms with Gasteiger partial charge in [0.1, 0.15) is 11.6 Å². The van der Waals surface area contributed by atoms with Crippen LogP contribution in [0.3, 0.4) is 0 Å². The van der Waals surface area contributed by atoms with E-state index in [-0.39, 0.29) is 30.2 Å². The van der Waals surface area contributed by atoms with Gasteiger partial charge in [0.15, 0.2) is 5.78 Å². The van der Waals surface area contributed by atoms with Gasteiger partial charge < -0.3 is 15.4 Å². The van der Waals surface area contributed by atoms with Gasteiger partial charge in [0, 0.05) is 31.0 Å². The van der Waals surface area contributed by atoms with E-state index in [1.807, 2.05) is 6.92 Å². The summed E-state index contributed by atoms with van der Waals surface area (Å²) in [7, 11) is 0. The lowest BCUT2D eigenvalue weighted by Gasteiger charge is -2.09. The fraction of sp³-hybridized carbons (Fsp3) is 0.286. The number of ketones is 1. The van der Waals surface area contributed by atoms with Gasteiger partial charge in [-0.25, -0.2) is 4.39 Å². The number of halogens is 1. The zero-order valence-electron chi connectivity index (χ0n) is 15.9. The summed E-state index contributed by atoms with van der Waals surface area (Å²) in [5, 5.41) is 4.94. The van der Waals surface area contributed by atoms with Gasteiger partial charge in [0.2, 0.25) is 11.8 Å². The maximum atomic E-state index is 13.6. The van der Waals surface area contributed by atoms with E-state index in [0.717, 1.165) is 12.5 Å². The number of nitrogens with one attached hydrogen (secondary N) is 2. The largest absolute Gasteiger partial charge is 0.494 e. The molecule has 2 amide bonds. The van der Waals surface area contributed by atoms with Crippen LogP contribution in [0, 0.1) is 5.82 Å². The van der Waals surface area contributed by atoms with E-state index in [0.29, 0.717) is 23.6 Å². The Morgan fingerprint density at radius 2 is 1.71 bits per heavy atom. The Morgan fingerprint density at radius 3 is 2.36 bits per heavy atom. The number of carbonyl (C=O) groups is 3. The highest BCUT2D eigenvalue weighted by molar-refractivity contribution is 6.00. The highest BCUT2D eigenvalue weighted by Crippen LogP contribution is 2.20.